The first-order valence-electron chi connectivity index (χ1n) is 15.0. The summed E-state index contributed by atoms with van der Waals surface area (Å²) >= 11 is 13.0. The first kappa shape index (κ1) is 31.9. The van der Waals surface area contributed by atoms with E-state index in [9.17, 15) is 24.0 Å². The molecule has 4 aliphatic rings. The zero-order valence-electron chi connectivity index (χ0n) is 24.5. The van der Waals surface area contributed by atoms with Gasteiger partial charge in [-0.25, -0.2) is 4.79 Å². The Labute approximate surface area is 252 Å². The van der Waals surface area contributed by atoms with Crippen molar-refractivity contribution in [3.63, 3.8) is 0 Å². The number of carbonyl (C=O) groups excluding carboxylic acids is 5. The maximum atomic E-state index is 14.2. The van der Waals surface area contributed by atoms with Crippen LogP contribution in [-0.4, -0.2) is 69.5 Å². The van der Waals surface area contributed by atoms with Crippen LogP contribution in [0.2, 0.25) is 0 Å². The molecular weight excluding hydrogens is 569 g/mol. The quantitative estimate of drug-likeness (QED) is 0.220. The van der Waals surface area contributed by atoms with E-state index in [0.717, 1.165) is 51.4 Å². The van der Waals surface area contributed by atoms with Crippen molar-refractivity contribution < 1.29 is 24.0 Å². The van der Waals surface area contributed by atoms with Gasteiger partial charge in [0.1, 0.15) is 16.4 Å². The number of alkyl halides is 2. The highest BCUT2D eigenvalue weighted by Gasteiger charge is 2.74. The topological polar surface area (TPSA) is 151 Å². The van der Waals surface area contributed by atoms with Gasteiger partial charge in [0.2, 0.25) is 17.6 Å². The first-order chi connectivity index (χ1) is 19.1. The molecule has 0 radical (unpaired) electrons. The number of hydrogen-bond donors (Lipinski definition) is 4. The first-order valence-corrected chi connectivity index (χ1v) is 15.8. The predicted octanol–water partition coefficient (Wildman–Crippen LogP) is 3.03. The molecular formula is C29H45Cl2N5O5. The van der Waals surface area contributed by atoms with Crippen molar-refractivity contribution in [2.45, 2.75) is 114 Å². The zero-order chi connectivity index (χ0) is 30.3. The van der Waals surface area contributed by atoms with Crippen LogP contribution in [0.4, 0.5) is 4.79 Å². The van der Waals surface area contributed by atoms with Gasteiger partial charge in [-0.2, -0.15) is 0 Å². The summed E-state index contributed by atoms with van der Waals surface area (Å²) in [7, 11) is 0. The lowest BCUT2D eigenvalue weighted by Gasteiger charge is -2.37. The van der Waals surface area contributed by atoms with Crippen LogP contribution in [-0.2, 0) is 19.2 Å². The second kappa shape index (κ2) is 12.3. The smallest absolute Gasteiger partial charge is 0.315 e. The van der Waals surface area contributed by atoms with E-state index in [2.05, 4.69) is 16.0 Å². The predicted molar refractivity (Wildman–Crippen MR) is 156 cm³/mol. The summed E-state index contributed by atoms with van der Waals surface area (Å²) in [5.41, 5.74) is 5.12. The minimum absolute atomic E-state index is 0.0767. The van der Waals surface area contributed by atoms with Gasteiger partial charge in [-0.15, -0.1) is 23.2 Å². The summed E-state index contributed by atoms with van der Waals surface area (Å²) in [6.07, 6.45) is 7.72. The number of likely N-dealkylation sites (tertiary alicyclic amines) is 1. The number of rotatable bonds is 10. The van der Waals surface area contributed by atoms with E-state index in [4.69, 9.17) is 28.9 Å². The number of amides is 5. The fourth-order valence-electron chi connectivity index (χ4n) is 6.48. The van der Waals surface area contributed by atoms with E-state index in [1.165, 1.54) is 4.90 Å². The molecule has 4 fully saturated rings. The number of halogens is 2. The lowest BCUT2D eigenvalue weighted by Crippen LogP contribution is -2.61. The van der Waals surface area contributed by atoms with Crippen LogP contribution in [0.25, 0.3) is 0 Å². The minimum atomic E-state index is -1.18. The molecule has 1 aliphatic heterocycles. The van der Waals surface area contributed by atoms with Gasteiger partial charge in [-0.05, 0) is 43.4 Å². The number of nitrogens with one attached hydrogen (secondary N) is 3. The molecule has 0 aromatic heterocycles. The molecule has 6 atom stereocenters. The Bertz CT molecular complexity index is 1050. The van der Waals surface area contributed by atoms with E-state index in [1.807, 2.05) is 27.7 Å². The summed E-state index contributed by atoms with van der Waals surface area (Å²) in [5, 5.41) is 8.61. The second-order valence-corrected chi connectivity index (χ2v) is 15.1. The van der Waals surface area contributed by atoms with Gasteiger partial charge >= 0.3 is 6.03 Å². The molecule has 3 aliphatic carbocycles. The van der Waals surface area contributed by atoms with Crippen molar-refractivity contribution in [1.29, 1.82) is 0 Å². The number of hydrogen-bond acceptors (Lipinski definition) is 5. The average molecular weight is 615 g/mol. The maximum Gasteiger partial charge on any atom is 0.315 e. The van der Waals surface area contributed by atoms with Crippen molar-refractivity contribution in [1.82, 2.24) is 20.9 Å². The largest absolute Gasteiger partial charge is 0.363 e. The Hall–Kier alpha value is -2.07. The molecule has 0 bridgehead atoms. The number of primary amides is 1. The highest BCUT2D eigenvalue weighted by Crippen LogP contribution is 2.65. The lowest BCUT2D eigenvalue weighted by molar-refractivity contribution is -0.144. The lowest BCUT2D eigenvalue weighted by atomic mass is 9.80. The van der Waals surface area contributed by atoms with Crippen LogP contribution >= 0.6 is 23.2 Å². The molecule has 4 rings (SSSR count). The third kappa shape index (κ3) is 6.95. The number of carbonyl (C=O) groups is 5. The Kier molecular flexibility index (Phi) is 9.53. The molecule has 0 aromatic rings. The van der Waals surface area contributed by atoms with Crippen LogP contribution in [0, 0.1) is 29.1 Å². The molecule has 5 amide bonds. The highest BCUT2D eigenvalue weighted by atomic mass is 35.5. The van der Waals surface area contributed by atoms with Crippen molar-refractivity contribution >= 4 is 52.7 Å². The molecule has 1 saturated heterocycles. The average Bonchev–Trinajstić information content (AvgIpc) is 3.20. The fraction of sp³-hybridized carbons (Fsp3) is 0.828. The molecule has 41 heavy (non-hydrogen) atoms. The van der Waals surface area contributed by atoms with Crippen LogP contribution in [0.5, 0.6) is 0 Å². The standard InChI is InChI=1S/C29H45Cl2N5O5/c1-15(28(2,3)4)33-27(41)35-21(17-11-6-5-7-12-17)26(40)36-14-18-20(29(18,30)31)22(36)25(39)34-19(23(37)24(32)38)13-16-9-8-10-16/h15-22H,5-14H2,1-4H3,(H2,32,38)(H,34,39)(H2,33,35,41)/t15-,18+,19?,20+,21+,22+/m1/s1. The SMILES string of the molecule is C[C@@H](NC(=O)N[C@H](C(=O)N1C[C@H]2[C@@H]([C@H]1C(=O)NC(CC1CCC1)C(=O)C(N)=O)C2(Cl)Cl)C1CCCCC1)C(C)(C)C. The van der Waals surface area contributed by atoms with Crippen LogP contribution < -0.4 is 21.7 Å². The van der Waals surface area contributed by atoms with E-state index >= 15 is 0 Å². The molecule has 10 nitrogen and oxygen atoms in total. The van der Waals surface area contributed by atoms with Crippen molar-refractivity contribution in [2.75, 3.05) is 6.54 Å². The molecule has 5 N–H and O–H groups in total. The number of nitrogens with two attached hydrogens (primary N) is 1. The number of piperidine rings is 1. The van der Waals surface area contributed by atoms with E-state index < -0.39 is 52.0 Å². The van der Waals surface area contributed by atoms with Gasteiger partial charge in [0.05, 0.1) is 6.04 Å². The van der Waals surface area contributed by atoms with Gasteiger partial charge in [-0.3, -0.25) is 19.2 Å². The zero-order valence-corrected chi connectivity index (χ0v) is 26.0. The van der Waals surface area contributed by atoms with Crippen molar-refractivity contribution in [2.24, 2.45) is 34.8 Å². The number of fused-ring (bicyclic) bond motifs is 1. The molecule has 0 aromatic carbocycles. The molecule has 3 saturated carbocycles. The summed E-state index contributed by atoms with van der Waals surface area (Å²) < 4.78 is -1.18. The third-order valence-electron chi connectivity index (χ3n) is 9.87. The monoisotopic (exact) mass is 613 g/mol. The molecule has 230 valence electrons. The van der Waals surface area contributed by atoms with Gasteiger partial charge in [0, 0.05) is 24.4 Å². The van der Waals surface area contributed by atoms with E-state index in [0.29, 0.717) is 6.42 Å². The summed E-state index contributed by atoms with van der Waals surface area (Å²) in [6.45, 7) is 8.14. The Morgan fingerprint density at radius 1 is 0.951 bits per heavy atom. The molecule has 1 heterocycles. The van der Waals surface area contributed by atoms with E-state index in [-0.39, 0.29) is 41.7 Å². The van der Waals surface area contributed by atoms with Gasteiger partial charge in [0.25, 0.3) is 5.91 Å². The fourth-order valence-corrected chi connectivity index (χ4v) is 7.31. The number of nitrogens with zero attached hydrogens (tertiary/aromatic N) is 1. The minimum Gasteiger partial charge on any atom is -0.363 e. The van der Waals surface area contributed by atoms with E-state index in [1.54, 1.807) is 0 Å². The normalized spacial score (nSPS) is 28.0. The number of Topliss-reactive ketones (excluding diaryl/α,β-unsaturated/α-hetero) is 1. The number of urea groups is 1. The Balaban J connectivity index is 1.55. The maximum absolute atomic E-state index is 14.2. The Morgan fingerprint density at radius 3 is 2.12 bits per heavy atom. The summed E-state index contributed by atoms with van der Waals surface area (Å²) in [6, 6.07) is -3.51. The van der Waals surface area contributed by atoms with Crippen LogP contribution in [0.1, 0.15) is 85.5 Å². The second-order valence-electron chi connectivity index (χ2n) is 13.6. The van der Waals surface area contributed by atoms with Crippen LogP contribution in [0.3, 0.4) is 0 Å². The summed E-state index contributed by atoms with van der Waals surface area (Å²) in [4.78, 5) is 66.9. The molecule has 12 heteroatoms. The molecule has 0 spiro atoms. The highest BCUT2D eigenvalue weighted by molar-refractivity contribution is 6.51. The van der Waals surface area contributed by atoms with Gasteiger partial charge in [0.15, 0.2) is 0 Å². The molecule has 1 unspecified atom stereocenters. The van der Waals surface area contributed by atoms with Crippen LogP contribution in [0.15, 0.2) is 0 Å². The van der Waals surface area contributed by atoms with Crippen molar-refractivity contribution in [3.8, 4) is 0 Å². The van der Waals surface area contributed by atoms with Crippen molar-refractivity contribution in [3.05, 3.63) is 0 Å². The summed E-state index contributed by atoms with van der Waals surface area (Å²) in [5.74, 6) is -3.61. The number of ketones is 1. The van der Waals surface area contributed by atoms with Gasteiger partial charge < -0.3 is 26.6 Å². The van der Waals surface area contributed by atoms with Gasteiger partial charge in [-0.1, -0.05) is 59.3 Å². The third-order valence-corrected chi connectivity index (χ3v) is 10.9. The Morgan fingerprint density at radius 2 is 1.59 bits per heavy atom.